The number of imidazole rings is 1. The van der Waals surface area contributed by atoms with E-state index in [1.807, 2.05) is 0 Å². The number of aromatic nitrogens is 3. The zero-order valence-corrected chi connectivity index (χ0v) is 12.0. The monoisotopic (exact) mass is 269 g/mol. The first-order valence-electron chi connectivity index (χ1n) is 6.42. The second-order valence-corrected chi connectivity index (χ2v) is 6.74. The highest BCUT2D eigenvalue weighted by Gasteiger charge is 2.23. The maximum Gasteiger partial charge on any atom is 0.195 e. The van der Waals surface area contributed by atoms with E-state index < -0.39 is 0 Å². The molecule has 0 atom stereocenters. The third-order valence-corrected chi connectivity index (χ3v) is 4.28. The fourth-order valence-corrected chi connectivity index (χ4v) is 3.54. The molecule has 4 heteroatoms. The van der Waals surface area contributed by atoms with Crippen LogP contribution in [0.1, 0.15) is 20.8 Å². The Kier molecular flexibility index (Phi) is 1.97. The standard InChI is InChI=1S/C15H15N3S/c1-15(2,3)18-11-7-5-4-6-10(11)12-13(18)17-8-9-19-14(17)16-12/h4-9H,1-3H3. The zero-order valence-electron chi connectivity index (χ0n) is 11.2. The molecule has 0 N–H and O–H groups in total. The van der Waals surface area contributed by atoms with Gasteiger partial charge in [-0.1, -0.05) is 18.2 Å². The Balaban J connectivity index is 2.36. The molecule has 1 aromatic carbocycles. The number of fused-ring (bicyclic) bond motifs is 5. The predicted molar refractivity (Wildman–Crippen MR) is 81.1 cm³/mol. The van der Waals surface area contributed by atoms with Crippen molar-refractivity contribution in [3.05, 3.63) is 35.8 Å². The van der Waals surface area contributed by atoms with Crippen LogP contribution in [0.4, 0.5) is 0 Å². The van der Waals surface area contributed by atoms with Gasteiger partial charge in [0.15, 0.2) is 4.96 Å². The molecule has 4 aromatic rings. The quantitative estimate of drug-likeness (QED) is 0.467. The maximum atomic E-state index is 4.80. The fraction of sp³-hybridized carbons (Fsp3) is 0.267. The molecule has 96 valence electrons. The molecule has 0 saturated heterocycles. The van der Waals surface area contributed by atoms with Gasteiger partial charge in [0.25, 0.3) is 0 Å². The van der Waals surface area contributed by atoms with Gasteiger partial charge in [0.05, 0.1) is 5.52 Å². The average Bonchev–Trinajstić information content (AvgIpc) is 2.96. The third-order valence-electron chi connectivity index (χ3n) is 3.52. The number of nitrogens with zero attached hydrogens (tertiary/aromatic N) is 3. The van der Waals surface area contributed by atoms with Gasteiger partial charge < -0.3 is 4.57 Å². The largest absolute Gasteiger partial charge is 0.320 e. The van der Waals surface area contributed by atoms with Gasteiger partial charge in [-0.05, 0) is 26.8 Å². The van der Waals surface area contributed by atoms with E-state index in [2.05, 4.69) is 65.6 Å². The predicted octanol–water partition coefficient (Wildman–Crippen LogP) is 4.26. The lowest BCUT2D eigenvalue weighted by atomic mass is 10.1. The van der Waals surface area contributed by atoms with Crippen LogP contribution in [0.5, 0.6) is 0 Å². The molecule has 0 radical (unpaired) electrons. The van der Waals surface area contributed by atoms with Crippen molar-refractivity contribution in [1.82, 2.24) is 14.0 Å². The van der Waals surface area contributed by atoms with Crippen LogP contribution >= 0.6 is 11.3 Å². The number of benzene rings is 1. The minimum Gasteiger partial charge on any atom is -0.320 e. The van der Waals surface area contributed by atoms with Crippen LogP contribution in [0.25, 0.3) is 27.0 Å². The summed E-state index contributed by atoms with van der Waals surface area (Å²) >= 11 is 1.68. The average molecular weight is 269 g/mol. The molecule has 19 heavy (non-hydrogen) atoms. The first kappa shape index (κ1) is 11.1. The van der Waals surface area contributed by atoms with Crippen LogP contribution < -0.4 is 0 Å². The smallest absolute Gasteiger partial charge is 0.195 e. The van der Waals surface area contributed by atoms with Crippen LogP contribution in [0, 0.1) is 0 Å². The molecular formula is C15H15N3S. The van der Waals surface area contributed by atoms with Gasteiger partial charge in [0, 0.05) is 22.5 Å². The van der Waals surface area contributed by atoms with Crippen LogP contribution in [-0.2, 0) is 5.54 Å². The lowest BCUT2D eigenvalue weighted by molar-refractivity contribution is 0.420. The Morgan fingerprint density at radius 3 is 2.74 bits per heavy atom. The first-order chi connectivity index (χ1) is 9.07. The van der Waals surface area contributed by atoms with Crippen molar-refractivity contribution in [3.8, 4) is 0 Å². The van der Waals surface area contributed by atoms with Gasteiger partial charge in [-0.25, -0.2) is 4.98 Å². The van der Waals surface area contributed by atoms with Gasteiger partial charge in [0.2, 0.25) is 0 Å². The summed E-state index contributed by atoms with van der Waals surface area (Å²) in [6.45, 7) is 6.72. The SMILES string of the molecule is CC(C)(C)n1c2ccccc2c2nc3sccn3c21. The van der Waals surface area contributed by atoms with E-state index in [1.54, 1.807) is 11.3 Å². The molecule has 0 unspecified atom stereocenters. The van der Waals surface area contributed by atoms with E-state index in [9.17, 15) is 0 Å². The number of rotatable bonds is 0. The Hall–Kier alpha value is -1.81. The van der Waals surface area contributed by atoms with Gasteiger partial charge in [-0.2, -0.15) is 0 Å². The number of hydrogen-bond acceptors (Lipinski definition) is 2. The van der Waals surface area contributed by atoms with E-state index >= 15 is 0 Å². The third kappa shape index (κ3) is 1.35. The summed E-state index contributed by atoms with van der Waals surface area (Å²) in [4.78, 5) is 5.86. The van der Waals surface area contributed by atoms with Crippen molar-refractivity contribution in [2.75, 3.05) is 0 Å². The highest BCUT2D eigenvalue weighted by Crippen LogP contribution is 2.34. The Labute approximate surface area is 115 Å². The lowest BCUT2D eigenvalue weighted by Gasteiger charge is -2.23. The molecule has 0 bridgehead atoms. The summed E-state index contributed by atoms with van der Waals surface area (Å²) in [7, 11) is 0. The van der Waals surface area contributed by atoms with Crippen molar-refractivity contribution in [3.63, 3.8) is 0 Å². The highest BCUT2D eigenvalue weighted by atomic mass is 32.1. The molecule has 3 aromatic heterocycles. The molecule has 3 nitrogen and oxygen atoms in total. The molecule has 0 aliphatic carbocycles. The van der Waals surface area contributed by atoms with E-state index in [1.165, 1.54) is 16.6 Å². The van der Waals surface area contributed by atoms with Crippen molar-refractivity contribution in [2.45, 2.75) is 26.3 Å². The molecule has 4 rings (SSSR count). The molecule has 0 aliphatic rings. The lowest BCUT2D eigenvalue weighted by Crippen LogP contribution is -2.21. The van der Waals surface area contributed by atoms with Gasteiger partial charge in [-0.15, -0.1) is 11.3 Å². The summed E-state index contributed by atoms with van der Waals surface area (Å²) in [6.07, 6.45) is 2.11. The second kappa shape index (κ2) is 3.39. The zero-order chi connectivity index (χ0) is 13.2. The summed E-state index contributed by atoms with van der Waals surface area (Å²) < 4.78 is 4.59. The Morgan fingerprint density at radius 2 is 1.95 bits per heavy atom. The van der Waals surface area contributed by atoms with E-state index in [4.69, 9.17) is 4.98 Å². The van der Waals surface area contributed by atoms with Gasteiger partial charge in [0.1, 0.15) is 11.2 Å². The van der Waals surface area contributed by atoms with Crippen molar-refractivity contribution in [2.24, 2.45) is 0 Å². The second-order valence-electron chi connectivity index (χ2n) is 5.86. The highest BCUT2D eigenvalue weighted by molar-refractivity contribution is 7.15. The molecular weight excluding hydrogens is 254 g/mol. The molecule has 0 spiro atoms. The molecule has 0 fully saturated rings. The maximum absolute atomic E-state index is 4.80. The molecule has 0 amide bonds. The number of thiazole rings is 1. The minimum absolute atomic E-state index is 0.0270. The summed E-state index contributed by atoms with van der Waals surface area (Å²) in [5.74, 6) is 0. The minimum atomic E-state index is 0.0270. The van der Waals surface area contributed by atoms with Crippen LogP contribution in [-0.4, -0.2) is 14.0 Å². The van der Waals surface area contributed by atoms with E-state index in [-0.39, 0.29) is 5.54 Å². The summed E-state index contributed by atoms with van der Waals surface area (Å²) in [5, 5.41) is 3.33. The molecule has 0 saturated carbocycles. The van der Waals surface area contributed by atoms with Crippen molar-refractivity contribution >= 4 is 38.4 Å². The fourth-order valence-electron chi connectivity index (χ4n) is 2.83. The number of hydrogen-bond donors (Lipinski definition) is 0. The Morgan fingerprint density at radius 1 is 1.16 bits per heavy atom. The van der Waals surface area contributed by atoms with Gasteiger partial charge in [-0.3, -0.25) is 4.40 Å². The summed E-state index contributed by atoms with van der Waals surface area (Å²) in [5.41, 5.74) is 3.59. The van der Waals surface area contributed by atoms with Crippen LogP contribution in [0.15, 0.2) is 35.8 Å². The molecule has 0 aliphatic heterocycles. The molecule has 3 heterocycles. The first-order valence-corrected chi connectivity index (χ1v) is 7.30. The van der Waals surface area contributed by atoms with Crippen molar-refractivity contribution < 1.29 is 0 Å². The summed E-state index contributed by atoms with van der Waals surface area (Å²) in [6, 6.07) is 8.53. The topological polar surface area (TPSA) is 22.2 Å². The normalized spacial score (nSPS) is 13.0. The van der Waals surface area contributed by atoms with Crippen LogP contribution in [0.3, 0.4) is 0 Å². The Bertz CT molecular complexity index is 902. The van der Waals surface area contributed by atoms with Gasteiger partial charge >= 0.3 is 0 Å². The van der Waals surface area contributed by atoms with E-state index in [0.717, 1.165) is 10.5 Å². The van der Waals surface area contributed by atoms with E-state index in [0.29, 0.717) is 0 Å². The van der Waals surface area contributed by atoms with Crippen LogP contribution in [0.2, 0.25) is 0 Å². The van der Waals surface area contributed by atoms with Crippen molar-refractivity contribution in [1.29, 1.82) is 0 Å². The number of para-hydroxylation sites is 1.